The summed E-state index contributed by atoms with van der Waals surface area (Å²) < 4.78 is 7.96. The number of piperidine rings is 1. The van der Waals surface area contributed by atoms with Gasteiger partial charge in [-0.05, 0) is 50.5 Å². The highest BCUT2D eigenvalue weighted by Crippen LogP contribution is 2.31. The molecule has 1 saturated heterocycles. The van der Waals surface area contributed by atoms with Crippen LogP contribution in [0.15, 0.2) is 48.8 Å². The van der Waals surface area contributed by atoms with Crippen molar-refractivity contribution in [2.45, 2.75) is 45.3 Å². The number of carbonyl (C=O) groups excluding carboxylic acids is 1. The number of fused-ring (bicyclic) bond motifs is 1. The molecule has 0 bridgehead atoms. The maximum atomic E-state index is 12.7. The highest BCUT2D eigenvalue weighted by molar-refractivity contribution is 5.78. The Hall–Kier alpha value is -2.73. The number of pyridine rings is 1. The van der Waals surface area contributed by atoms with Gasteiger partial charge < -0.3 is 14.2 Å². The van der Waals surface area contributed by atoms with E-state index >= 15 is 0 Å². The number of ether oxygens (including phenoxy) is 1. The lowest BCUT2D eigenvalue weighted by Gasteiger charge is -2.33. The molecule has 2 aromatic heterocycles. The zero-order chi connectivity index (χ0) is 20.2. The monoisotopic (exact) mass is 392 g/mol. The molecule has 3 aromatic rings. The van der Waals surface area contributed by atoms with E-state index < -0.39 is 0 Å². The Labute approximate surface area is 171 Å². The predicted octanol–water partition coefficient (Wildman–Crippen LogP) is 3.94. The van der Waals surface area contributed by atoms with Gasteiger partial charge in [0, 0.05) is 37.4 Å². The van der Waals surface area contributed by atoms with Crippen LogP contribution >= 0.6 is 0 Å². The molecular weight excluding hydrogens is 364 g/mol. The quantitative estimate of drug-likeness (QED) is 0.638. The molecule has 4 rings (SSSR count). The molecular formula is C23H28N4O2. The van der Waals surface area contributed by atoms with E-state index in [2.05, 4.69) is 41.6 Å². The number of amides is 1. The Morgan fingerprint density at radius 2 is 2.10 bits per heavy atom. The predicted molar refractivity (Wildman–Crippen MR) is 113 cm³/mol. The van der Waals surface area contributed by atoms with Crippen molar-refractivity contribution >= 4 is 16.9 Å². The first-order chi connectivity index (χ1) is 14.1. The molecule has 29 heavy (non-hydrogen) atoms. The van der Waals surface area contributed by atoms with Crippen LogP contribution in [-0.2, 0) is 16.1 Å². The summed E-state index contributed by atoms with van der Waals surface area (Å²) in [4.78, 5) is 23.7. The van der Waals surface area contributed by atoms with Gasteiger partial charge in [0.2, 0.25) is 5.91 Å². The summed E-state index contributed by atoms with van der Waals surface area (Å²) in [6.07, 6.45) is 5.53. The van der Waals surface area contributed by atoms with Crippen LogP contribution in [0, 0.1) is 0 Å². The Bertz CT molecular complexity index is 967. The van der Waals surface area contributed by atoms with Gasteiger partial charge in [0.25, 0.3) is 0 Å². The van der Waals surface area contributed by atoms with Crippen LogP contribution in [0.5, 0.6) is 0 Å². The molecule has 1 aliphatic rings. The number of aromatic nitrogens is 3. The van der Waals surface area contributed by atoms with E-state index in [1.807, 2.05) is 23.1 Å². The molecule has 0 aliphatic carbocycles. The number of hydrogen-bond acceptors (Lipinski definition) is 4. The summed E-state index contributed by atoms with van der Waals surface area (Å²) >= 11 is 0. The number of rotatable bonds is 6. The first-order valence-corrected chi connectivity index (χ1v) is 10.3. The lowest BCUT2D eigenvalue weighted by molar-refractivity contribution is -0.137. The van der Waals surface area contributed by atoms with Gasteiger partial charge in [0.1, 0.15) is 12.4 Å². The number of carbonyl (C=O) groups is 1. The van der Waals surface area contributed by atoms with E-state index in [0.717, 1.165) is 36.3 Å². The third-order valence-corrected chi connectivity index (χ3v) is 5.50. The SMILES string of the molecule is CC(C)n1c(C2CCCN(C(=O)COCc3cccnc3)C2)nc2ccccc21. The highest BCUT2D eigenvalue weighted by atomic mass is 16.5. The maximum Gasteiger partial charge on any atom is 0.248 e. The van der Waals surface area contributed by atoms with Crippen molar-refractivity contribution in [1.29, 1.82) is 0 Å². The zero-order valence-electron chi connectivity index (χ0n) is 17.1. The number of imidazole rings is 1. The molecule has 0 spiro atoms. The van der Waals surface area contributed by atoms with Gasteiger partial charge in [0.05, 0.1) is 17.6 Å². The maximum absolute atomic E-state index is 12.7. The minimum Gasteiger partial charge on any atom is -0.367 e. The van der Waals surface area contributed by atoms with Gasteiger partial charge in [-0.25, -0.2) is 4.98 Å². The van der Waals surface area contributed by atoms with Crippen molar-refractivity contribution in [3.8, 4) is 0 Å². The Balaban J connectivity index is 1.44. The fraction of sp³-hybridized carbons (Fsp3) is 0.435. The fourth-order valence-corrected chi connectivity index (χ4v) is 4.14. The number of para-hydroxylation sites is 2. The molecule has 6 heteroatoms. The van der Waals surface area contributed by atoms with Gasteiger partial charge in [0.15, 0.2) is 0 Å². The van der Waals surface area contributed by atoms with E-state index in [-0.39, 0.29) is 18.4 Å². The topological polar surface area (TPSA) is 60.2 Å². The molecule has 0 N–H and O–H groups in total. The average molecular weight is 393 g/mol. The second kappa shape index (κ2) is 8.74. The molecule has 1 fully saturated rings. The second-order valence-electron chi connectivity index (χ2n) is 7.96. The minimum absolute atomic E-state index is 0.0470. The van der Waals surface area contributed by atoms with Crippen molar-refractivity contribution in [2.24, 2.45) is 0 Å². The number of hydrogen-bond donors (Lipinski definition) is 0. The normalized spacial score (nSPS) is 17.2. The van der Waals surface area contributed by atoms with E-state index in [9.17, 15) is 4.79 Å². The molecule has 6 nitrogen and oxygen atoms in total. The number of likely N-dealkylation sites (tertiary alicyclic amines) is 1. The van der Waals surface area contributed by atoms with Crippen LogP contribution in [0.4, 0.5) is 0 Å². The van der Waals surface area contributed by atoms with Crippen molar-refractivity contribution in [3.63, 3.8) is 0 Å². The van der Waals surface area contributed by atoms with Crippen LogP contribution in [0.25, 0.3) is 11.0 Å². The number of benzene rings is 1. The Morgan fingerprint density at radius 1 is 1.24 bits per heavy atom. The van der Waals surface area contributed by atoms with Crippen molar-refractivity contribution in [1.82, 2.24) is 19.4 Å². The molecule has 0 radical (unpaired) electrons. The Kier molecular flexibility index (Phi) is 5.90. The molecule has 3 heterocycles. The molecule has 1 aromatic carbocycles. The molecule has 1 unspecified atom stereocenters. The molecule has 1 amide bonds. The van der Waals surface area contributed by atoms with E-state index in [1.165, 1.54) is 5.52 Å². The van der Waals surface area contributed by atoms with Crippen LogP contribution < -0.4 is 0 Å². The zero-order valence-corrected chi connectivity index (χ0v) is 17.1. The van der Waals surface area contributed by atoms with Gasteiger partial charge in [-0.3, -0.25) is 9.78 Å². The minimum atomic E-state index is 0.0470. The van der Waals surface area contributed by atoms with Crippen LogP contribution in [0.2, 0.25) is 0 Å². The molecule has 1 atom stereocenters. The summed E-state index contributed by atoms with van der Waals surface area (Å²) in [5.74, 6) is 1.39. The lowest BCUT2D eigenvalue weighted by Crippen LogP contribution is -2.41. The lowest BCUT2D eigenvalue weighted by atomic mass is 9.96. The largest absolute Gasteiger partial charge is 0.367 e. The molecule has 0 saturated carbocycles. The van der Waals surface area contributed by atoms with Crippen molar-refractivity contribution < 1.29 is 9.53 Å². The smallest absolute Gasteiger partial charge is 0.248 e. The van der Waals surface area contributed by atoms with E-state index in [1.54, 1.807) is 12.4 Å². The number of nitrogens with zero attached hydrogens (tertiary/aromatic N) is 4. The summed E-state index contributed by atoms with van der Waals surface area (Å²) in [7, 11) is 0. The summed E-state index contributed by atoms with van der Waals surface area (Å²) in [6, 6.07) is 12.4. The first kappa shape index (κ1) is 19.6. The molecule has 1 aliphatic heterocycles. The third kappa shape index (κ3) is 4.32. The van der Waals surface area contributed by atoms with Crippen molar-refractivity contribution in [2.75, 3.05) is 19.7 Å². The fourth-order valence-electron chi connectivity index (χ4n) is 4.14. The average Bonchev–Trinajstić information content (AvgIpc) is 3.14. The van der Waals surface area contributed by atoms with Gasteiger partial charge in [-0.15, -0.1) is 0 Å². The molecule has 152 valence electrons. The highest BCUT2D eigenvalue weighted by Gasteiger charge is 2.29. The van der Waals surface area contributed by atoms with Gasteiger partial charge in [-0.2, -0.15) is 0 Å². The summed E-state index contributed by atoms with van der Waals surface area (Å²) in [6.45, 7) is 6.37. The van der Waals surface area contributed by atoms with Gasteiger partial charge >= 0.3 is 0 Å². The third-order valence-electron chi connectivity index (χ3n) is 5.50. The van der Waals surface area contributed by atoms with Gasteiger partial charge in [-0.1, -0.05) is 18.2 Å². The van der Waals surface area contributed by atoms with E-state index in [4.69, 9.17) is 9.72 Å². The Morgan fingerprint density at radius 3 is 2.90 bits per heavy atom. The summed E-state index contributed by atoms with van der Waals surface area (Å²) in [5, 5.41) is 0. The van der Waals surface area contributed by atoms with Crippen LogP contribution in [0.1, 0.15) is 50.0 Å². The van der Waals surface area contributed by atoms with Crippen LogP contribution in [-0.4, -0.2) is 45.0 Å². The van der Waals surface area contributed by atoms with Crippen LogP contribution in [0.3, 0.4) is 0 Å². The standard InChI is InChI=1S/C23H28N4O2/c1-17(2)27-21-10-4-3-9-20(21)25-23(27)19-8-6-12-26(14-19)22(28)16-29-15-18-7-5-11-24-13-18/h3-5,7,9-11,13,17,19H,6,8,12,14-16H2,1-2H3. The van der Waals surface area contributed by atoms with Crippen molar-refractivity contribution in [3.05, 3.63) is 60.2 Å². The first-order valence-electron chi connectivity index (χ1n) is 10.3. The summed E-state index contributed by atoms with van der Waals surface area (Å²) in [5.41, 5.74) is 3.17. The van der Waals surface area contributed by atoms with E-state index in [0.29, 0.717) is 19.2 Å². The second-order valence-corrected chi connectivity index (χ2v) is 7.96.